The molecule has 62 heavy (non-hydrogen) atoms. The topological polar surface area (TPSA) is 209 Å². The summed E-state index contributed by atoms with van der Waals surface area (Å²) in [5.41, 5.74) is -3.71. The number of hydrogen-bond donors (Lipinski definition) is 1. The van der Waals surface area contributed by atoms with Crippen LogP contribution < -0.4 is 5.32 Å². The van der Waals surface area contributed by atoms with Gasteiger partial charge in [-0.05, 0) is 81.8 Å². The third kappa shape index (κ3) is 11.4. The van der Waals surface area contributed by atoms with Gasteiger partial charge in [0.15, 0.2) is 30.4 Å². The molecule has 4 saturated heterocycles. The van der Waals surface area contributed by atoms with Crippen LogP contribution in [0.25, 0.3) is 0 Å². The van der Waals surface area contributed by atoms with E-state index in [0.717, 1.165) is 0 Å². The number of hydrogen-bond acceptors (Lipinski definition) is 17. The van der Waals surface area contributed by atoms with Gasteiger partial charge in [0.05, 0.1) is 72.7 Å². The van der Waals surface area contributed by atoms with Crippen molar-refractivity contribution in [2.45, 2.75) is 199 Å². The molecule has 0 saturated carbocycles. The second-order valence-electron chi connectivity index (χ2n) is 18.5. The van der Waals surface area contributed by atoms with Crippen LogP contribution >= 0.6 is 0 Å². The highest BCUT2D eigenvalue weighted by atomic mass is 16.8. The molecule has 1 unspecified atom stereocenters. The van der Waals surface area contributed by atoms with Crippen LogP contribution in [0.5, 0.6) is 0 Å². The van der Waals surface area contributed by atoms with Crippen molar-refractivity contribution in [2.75, 3.05) is 34.9 Å². The molecule has 0 radical (unpaired) electrons. The Morgan fingerprint density at radius 1 is 0.919 bits per heavy atom. The summed E-state index contributed by atoms with van der Waals surface area (Å²) in [5.74, 6) is -4.06. The number of methoxy groups -OCH3 is 2. The van der Waals surface area contributed by atoms with Crippen molar-refractivity contribution in [1.29, 1.82) is 5.26 Å². The molecule has 0 spiro atoms. The molecule has 4 fully saturated rings. The standard InChI is InChI=1S/C44H73N3O15/c1-16-31-44(11)36(61-41(51)62-44)27(6)46-38(49)23(2)21-42(9,52-14)35(60-40-34(57-29(8)48)30(47(12)13)20-24(3)55-40)25(4)33(26(5)39(50)58-31)59-32-22-43(10,53-15)37(28(7)56-32)54-19-17-18-45/h23-28,30-37,40H,16-17,19-22H2,1-15H3,(H,46,49)/t23-,24-,25+,26-,27-,28+,30+,31-,32+,33+,34-,35-,36-,37?,40+,42-,43-,44-/m1/s1. The van der Waals surface area contributed by atoms with E-state index in [1.807, 2.05) is 53.6 Å². The van der Waals surface area contributed by atoms with Crippen LogP contribution in [-0.4, -0.2) is 154 Å². The summed E-state index contributed by atoms with van der Waals surface area (Å²) in [4.78, 5) is 56.2. The van der Waals surface area contributed by atoms with Crippen LogP contribution in [0.2, 0.25) is 0 Å². The number of nitrogens with one attached hydrogen (secondary N) is 1. The smallest absolute Gasteiger partial charge is 0.458 e. The minimum absolute atomic E-state index is 0.0937. The number of esters is 2. The zero-order chi connectivity index (χ0) is 46.5. The number of carbonyl (C=O) groups excluding carboxylic acids is 4. The third-order valence-electron chi connectivity index (χ3n) is 13.4. The molecule has 1 amide bonds. The van der Waals surface area contributed by atoms with Crippen molar-refractivity contribution >= 4 is 24.0 Å². The van der Waals surface area contributed by atoms with Gasteiger partial charge in [-0.3, -0.25) is 14.4 Å². The Labute approximate surface area is 367 Å². The molecule has 4 rings (SSSR count). The Bertz CT molecular complexity index is 1600. The highest BCUT2D eigenvalue weighted by molar-refractivity contribution is 5.79. The van der Waals surface area contributed by atoms with Gasteiger partial charge in [-0.1, -0.05) is 20.8 Å². The van der Waals surface area contributed by atoms with Gasteiger partial charge in [0.25, 0.3) is 0 Å². The Balaban J connectivity index is 1.89. The van der Waals surface area contributed by atoms with Gasteiger partial charge >= 0.3 is 18.1 Å². The summed E-state index contributed by atoms with van der Waals surface area (Å²) in [6.45, 7) is 19.4. The largest absolute Gasteiger partial charge is 0.509 e. The lowest BCUT2D eigenvalue weighted by molar-refractivity contribution is -0.322. The maximum atomic E-state index is 14.7. The molecule has 4 aliphatic heterocycles. The maximum absolute atomic E-state index is 14.7. The fraction of sp³-hybridized carbons (Fsp3) is 0.886. The van der Waals surface area contributed by atoms with Crippen LogP contribution in [0.1, 0.15) is 108 Å². The fourth-order valence-corrected chi connectivity index (χ4v) is 9.87. The molecule has 1 N–H and O–H groups in total. The van der Waals surface area contributed by atoms with E-state index in [-0.39, 0.29) is 50.3 Å². The van der Waals surface area contributed by atoms with Gasteiger partial charge < -0.3 is 62.3 Å². The first-order valence-corrected chi connectivity index (χ1v) is 21.9. The molecule has 4 aliphatic rings. The predicted molar refractivity (Wildman–Crippen MR) is 221 cm³/mol. The molecule has 354 valence electrons. The lowest BCUT2D eigenvalue weighted by Crippen LogP contribution is -2.61. The molecule has 0 aromatic rings. The molecule has 0 aliphatic carbocycles. The van der Waals surface area contributed by atoms with Crippen molar-refractivity contribution in [2.24, 2.45) is 17.8 Å². The average molecular weight is 884 g/mol. The normalized spacial score (nSPS) is 43.5. The molecular formula is C44H73N3O15. The van der Waals surface area contributed by atoms with Gasteiger partial charge in [0, 0.05) is 39.4 Å². The van der Waals surface area contributed by atoms with Crippen molar-refractivity contribution in [3.8, 4) is 6.07 Å². The van der Waals surface area contributed by atoms with Crippen molar-refractivity contribution in [3.63, 3.8) is 0 Å². The van der Waals surface area contributed by atoms with Crippen LogP contribution in [0.4, 0.5) is 4.79 Å². The molecule has 18 heteroatoms. The fourth-order valence-electron chi connectivity index (χ4n) is 9.87. The number of ether oxygens (including phenoxy) is 11. The first kappa shape index (κ1) is 51.5. The maximum Gasteiger partial charge on any atom is 0.509 e. The Kier molecular flexibility index (Phi) is 17.6. The number of likely N-dealkylation sites (N-methyl/N-ethyl adjacent to an activating group) is 1. The van der Waals surface area contributed by atoms with E-state index in [9.17, 15) is 24.4 Å². The van der Waals surface area contributed by atoms with E-state index in [1.165, 1.54) is 14.0 Å². The molecule has 4 heterocycles. The number of carbonyl (C=O) groups is 4. The average Bonchev–Trinajstić information content (AvgIpc) is 3.52. The number of fused-ring (bicyclic) bond motifs is 1. The minimum Gasteiger partial charge on any atom is -0.458 e. The molecule has 0 aromatic heterocycles. The van der Waals surface area contributed by atoms with E-state index >= 15 is 0 Å². The Morgan fingerprint density at radius 2 is 1.56 bits per heavy atom. The summed E-state index contributed by atoms with van der Waals surface area (Å²) < 4.78 is 69.2. The molecule has 18 atom stereocenters. The second kappa shape index (κ2) is 21.2. The third-order valence-corrected chi connectivity index (χ3v) is 13.4. The molecule has 0 bridgehead atoms. The lowest BCUT2D eigenvalue weighted by atomic mass is 9.77. The van der Waals surface area contributed by atoms with Crippen molar-refractivity contribution < 1.29 is 71.3 Å². The predicted octanol–water partition coefficient (Wildman–Crippen LogP) is 4.43. The quantitative estimate of drug-likeness (QED) is 0.163. The zero-order valence-electron chi connectivity index (χ0n) is 39.4. The summed E-state index contributed by atoms with van der Waals surface area (Å²) >= 11 is 0. The highest BCUT2D eigenvalue weighted by Crippen LogP contribution is 2.43. The second-order valence-corrected chi connectivity index (χ2v) is 18.5. The minimum atomic E-state index is -1.47. The summed E-state index contributed by atoms with van der Waals surface area (Å²) in [7, 11) is 6.87. The number of cyclic esters (lactones) is 1. The molecule has 18 nitrogen and oxygen atoms in total. The highest BCUT2D eigenvalue weighted by Gasteiger charge is 2.58. The van der Waals surface area contributed by atoms with Gasteiger partial charge in [-0.15, -0.1) is 0 Å². The van der Waals surface area contributed by atoms with Crippen LogP contribution in [-0.2, 0) is 66.5 Å². The summed E-state index contributed by atoms with van der Waals surface area (Å²) in [6, 6.07) is 1.05. The van der Waals surface area contributed by atoms with E-state index in [2.05, 4.69) is 11.4 Å². The monoisotopic (exact) mass is 884 g/mol. The zero-order valence-corrected chi connectivity index (χ0v) is 39.4. The van der Waals surface area contributed by atoms with E-state index < -0.39 is 114 Å². The SMILES string of the molecule is CC[C@H]1OC(=O)[C@H](C)[C@@H](O[C@H]2C[C@@](C)(OC)C(OCCC#N)[C@H](C)O2)[C@H](C)[C@@H](O[C@@H]2O[C@H](C)C[C@H](N(C)C)[C@H]2OC(C)=O)[C@](C)(OC)C[C@@H](C)C(=O)N[C@H](C)[C@H]2OC(=O)O[C@@]21C. The van der Waals surface area contributed by atoms with Gasteiger partial charge in [0.2, 0.25) is 5.91 Å². The van der Waals surface area contributed by atoms with Crippen LogP contribution in [0.15, 0.2) is 0 Å². The van der Waals surface area contributed by atoms with Crippen LogP contribution in [0.3, 0.4) is 0 Å². The van der Waals surface area contributed by atoms with Crippen LogP contribution in [0, 0.1) is 29.1 Å². The van der Waals surface area contributed by atoms with Crippen molar-refractivity contribution in [3.05, 3.63) is 0 Å². The first-order chi connectivity index (χ1) is 29.0. The van der Waals surface area contributed by atoms with E-state index in [4.69, 9.17) is 52.1 Å². The number of nitrogens with zero attached hydrogens (tertiary/aromatic N) is 2. The number of nitriles is 1. The lowest BCUT2D eigenvalue weighted by Gasteiger charge is -2.50. The van der Waals surface area contributed by atoms with E-state index in [1.54, 1.807) is 41.7 Å². The van der Waals surface area contributed by atoms with Crippen molar-refractivity contribution in [1.82, 2.24) is 10.2 Å². The Hall–Kier alpha value is -3.15. The molecular weight excluding hydrogens is 810 g/mol. The first-order valence-electron chi connectivity index (χ1n) is 21.9. The summed E-state index contributed by atoms with van der Waals surface area (Å²) in [6.07, 6.45) is -8.17. The van der Waals surface area contributed by atoms with Gasteiger partial charge in [-0.2, -0.15) is 5.26 Å². The number of rotatable bonds is 12. The summed E-state index contributed by atoms with van der Waals surface area (Å²) in [5, 5.41) is 12.2. The number of amides is 1. The van der Waals surface area contributed by atoms with Gasteiger partial charge in [0.1, 0.15) is 12.2 Å². The van der Waals surface area contributed by atoms with Gasteiger partial charge in [-0.25, -0.2) is 4.79 Å². The Morgan fingerprint density at radius 3 is 2.15 bits per heavy atom. The molecule has 0 aromatic carbocycles. The van der Waals surface area contributed by atoms with E-state index in [0.29, 0.717) is 6.42 Å².